The van der Waals surface area contributed by atoms with E-state index in [-0.39, 0.29) is 13.2 Å². The van der Waals surface area contributed by atoms with Crippen LogP contribution in [0.4, 0.5) is 0 Å². The van der Waals surface area contributed by atoms with Gasteiger partial charge in [0.15, 0.2) is 0 Å². The van der Waals surface area contributed by atoms with E-state index >= 15 is 0 Å². The van der Waals surface area contributed by atoms with E-state index in [0.29, 0.717) is 26.1 Å². The average molecular weight is 392 g/mol. The molecule has 0 aliphatic rings. The van der Waals surface area contributed by atoms with Crippen LogP contribution in [0.15, 0.2) is 66.7 Å². The molecule has 3 aromatic rings. The molecule has 0 aliphatic carbocycles. The zero-order valence-corrected chi connectivity index (χ0v) is 16.8. The molecule has 0 heterocycles. The number of ether oxygens (including phenoxy) is 2. The first-order valence-corrected chi connectivity index (χ1v) is 10.00. The number of benzene rings is 3. The van der Waals surface area contributed by atoms with Crippen molar-refractivity contribution in [3.63, 3.8) is 0 Å². The lowest BCUT2D eigenvalue weighted by Gasteiger charge is -2.11. The Bertz CT molecular complexity index is 886. The summed E-state index contributed by atoms with van der Waals surface area (Å²) in [6.07, 6.45) is 1.27. The summed E-state index contributed by atoms with van der Waals surface area (Å²) in [5.74, 6) is 1.68. The molecule has 0 unspecified atom stereocenters. The summed E-state index contributed by atoms with van der Waals surface area (Å²) >= 11 is 0. The fraction of sp³-hybridized carbons (Fsp3) is 0.280. The summed E-state index contributed by atoms with van der Waals surface area (Å²) in [4.78, 5) is 0. The molecule has 0 radical (unpaired) electrons. The zero-order chi connectivity index (χ0) is 20.5. The topological polar surface area (TPSA) is 58.9 Å². The van der Waals surface area contributed by atoms with Crippen molar-refractivity contribution in [2.45, 2.75) is 19.8 Å². The number of aliphatic hydroxyl groups excluding tert-OH is 2. The molecular weight excluding hydrogens is 364 g/mol. The Morgan fingerprint density at radius 2 is 1.10 bits per heavy atom. The summed E-state index contributed by atoms with van der Waals surface area (Å²) < 4.78 is 11.3. The Kier molecular flexibility index (Phi) is 7.68. The van der Waals surface area contributed by atoms with Crippen LogP contribution in [0.25, 0.3) is 22.3 Å². The standard InChI is InChI=1S/C25H28O4/c1-19-18-23(10-13-25(19)29-17-3-15-27)22-6-4-20(5-7-22)21-8-11-24(12-9-21)28-16-2-14-26/h4-13,18,26-27H,2-3,14-17H2,1H3. The van der Waals surface area contributed by atoms with Crippen LogP contribution in [0.1, 0.15) is 18.4 Å². The predicted molar refractivity (Wildman–Crippen MR) is 116 cm³/mol. The minimum Gasteiger partial charge on any atom is -0.494 e. The second kappa shape index (κ2) is 10.6. The van der Waals surface area contributed by atoms with Crippen molar-refractivity contribution in [2.24, 2.45) is 0 Å². The SMILES string of the molecule is Cc1cc(-c2ccc(-c3ccc(OCCCO)cc3)cc2)ccc1OCCCO. The lowest BCUT2D eigenvalue weighted by atomic mass is 9.99. The molecule has 0 bridgehead atoms. The number of hydrogen-bond acceptors (Lipinski definition) is 4. The third-order valence-corrected chi connectivity index (χ3v) is 4.71. The molecule has 3 rings (SSSR count). The van der Waals surface area contributed by atoms with Gasteiger partial charge in [-0.1, -0.05) is 42.5 Å². The molecule has 29 heavy (non-hydrogen) atoms. The largest absolute Gasteiger partial charge is 0.494 e. The van der Waals surface area contributed by atoms with Crippen molar-refractivity contribution >= 4 is 0 Å². The molecule has 0 amide bonds. The Labute approximate surface area is 172 Å². The average Bonchev–Trinajstić information content (AvgIpc) is 2.76. The Balaban J connectivity index is 1.67. The molecular formula is C25H28O4. The number of aliphatic hydroxyl groups is 2. The van der Waals surface area contributed by atoms with Gasteiger partial charge in [-0.25, -0.2) is 0 Å². The summed E-state index contributed by atoms with van der Waals surface area (Å²) in [6, 6.07) is 22.7. The Morgan fingerprint density at radius 3 is 1.66 bits per heavy atom. The van der Waals surface area contributed by atoms with Crippen molar-refractivity contribution in [1.29, 1.82) is 0 Å². The minimum atomic E-state index is 0.142. The molecule has 152 valence electrons. The summed E-state index contributed by atoms with van der Waals surface area (Å²) in [5.41, 5.74) is 5.67. The van der Waals surface area contributed by atoms with Crippen LogP contribution in [0.5, 0.6) is 11.5 Å². The third kappa shape index (κ3) is 5.83. The van der Waals surface area contributed by atoms with Crippen LogP contribution in [0, 0.1) is 6.92 Å². The Hall–Kier alpha value is -2.82. The van der Waals surface area contributed by atoms with Gasteiger partial charge >= 0.3 is 0 Å². The number of rotatable bonds is 10. The van der Waals surface area contributed by atoms with Gasteiger partial charge in [-0.15, -0.1) is 0 Å². The first-order chi connectivity index (χ1) is 14.2. The lowest BCUT2D eigenvalue weighted by molar-refractivity contribution is 0.232. The van der Waals surface area contributed by atoms with Crippen molar-refractivity contribution < 1.29 is 19.7 Å². The fourth-order valence-electron chi connectivity index (χ4n) is 3.09. The van der Waals surface area contributed by atoms with Crippen molar-refractivity contribution in [3.05, 3.63) is 72.3 Å². The molecule has 4 nitrogen and oxygen atoms in total. The maximum atomic E-state index is 8.87. The number of aryl methyl sites for hydroxylation is 1. The van der Waals surface area contributed by atoms with Gasteiger partial charge in [-0.3, -0.25) is 0 Å². The van der Waals surface area contributed by atoms with Gasteiger partial charge in [0.25, 0.3) is 0 Å². The molecule has 0 spiro atoms. The van der Waals surface area contributed by atoms with E-state index in [0.717, 1.165) is 39.3 Å². The van der Waals surface area contributed by atoms with Crippen molar-refractivity contribution in [2.75, 3.05) is 26.4 Å². The summed E-state index contributed by atoms with van der Waals surface area (Å²) in [7, 11) is 0. The van der Waals surface area contributed by atoms with E-state index < -0.39 is 0 Å². The van der Waals surface area contributed by atoms with Crippen molar-refractivity contribution in [1.82, 2.24) is 0 Å². The van der Waals surface area contributed by atoms with Crippen LogP contribution < -0.4 is 9.47 Å². The third-order valence-electron chi connectivity index (χ3n) is 4.71. The molecule has 0 saturated carbocycles. The quantitative estimate of drug-likeness (QED) is 0.484. The first kappa shape index (κ1) is 20.9. The maximum absolute atomic E-state index is 8.87. The molecule has 0 saturated heterocycles. The monoisotopic (exact) mass is 392 g/mol. The highest BCUT2D eigenvalue weighted by molar-refractivity contribution is 5.71. The molecule has 3 aromatic carbocycles. The van der Waals surface area contributed by atoms with Crippen LogP contribution in [0.2, 0.25) is 0 Å². The molecule has 2 N–H and O–H groups in total. The van der Waals surface area contributed by atoms with Crippen LogP contribution in [-0.4, -0.2) is 36.6 Å². The fourth-order valence-corrected chi connectivity index (χ4v) is 3.09. The van der Waals surface area contributed by atoms with Crippen LogP contribution in [0.3, 0.4) is 0 Å². The Morgan fingerprint density at radius 1 is 0.621 bits per heavy atom. The van der Waals surface area contributed by atoms with Crippen molar-refractivity contribution in [3.8, 4) is 33.8 Å². The van der Waals surface area contributed by atoms with Gasteiger partial charge in [-0.2, -0.15) is 0 Å². The van der Waals surface area contributed by atoms with Crippen LogP contribution in [-0.2, 0) is 0 Å². The second-order valence-electron chi connectivity index (χ2n) is 6.93. The predicted octanol–water partition coefficient (Wildman–Crippen LogP) is 4.85. The van der Waals surface area contributed by atoms with Gasteiger partial charge in [0.1, 0.15) is 11.5 Å². The molecule has 0 fully saturated rings. The lowest BCUT2D eigenvalue weighted by Crippen LogP contribution is -2.00. The second-order valence-corrected chi connectivity index (χ2v) is 6.93. The van der Waals surface area contributed by atoms with E-state index in [9.17, 15) is 0 Å². The van der Waals surface area contributed by atoms with E-state index in [1.807, 2.05) is 37.3 Å². The highest BCUT2D eigenvalue weighted by atomic mass is 16.5. The summed E-state index contributed by atoms with van der Waals surface area (Å²) in [6.45, 7) is 3.37. The van der Waals surface area contributed by atoms with Gasteiger partial charge in [0.2, 0.25) is 0 Å². The molecule has 0 atom stereocenters. The molecule has 0 aromatic heterocycles. The molecule has 4 heteroatoms. The first-order valence-electron chi connectivity index (χ1n) is 10.00. The molecule has 0 aliphatic heterocycles. The van der Waals surface area contributed by atoms with E-state index in [1.165, 1.54) is 0 Å². The van der Waals surface area contributed by atoms with Gasteiger partial charge in [-0.05, 0) is 59.0 Å². The van der Waals surface area contributed by atoms with E-state index in [4.69, 9.17) is 19.7 Å². The number of hydrogen-bond donors (Lipinski definition) is 2. The van der Waals surface area contributed by atoms with Gasteiger partial charge < -0.3 is 19.7 Å². The van der Waals surface area contributed by atoms with E-state index in [2.05, 4.69) is 36.4 Å². The van der Waals surface area contributed by atoms with Crippen LogP contribution >= 0.6 is 0 Å². The maximum Gasteiger partial charge on any atom is 0.122 e. The summed E-state index contributed by atoms with van der Waals surface area (Å²) in [5, 5.41) is 17.7. The highest BCUT2D eigenvalue weighted by Gasteiger charge is 2.05. The van der Waals surface area contributed by atoms with Gasteiger partial charge in [0, 0.05) is 26.1 Å². The van der Waals surface area contributed by atoms with Gasteiger partial charge in [0.05, 0.1) is 13.2 Å². The normalized spacial score (nSPS) is 10.7. The van der Waals surface area contributed by atoms with E-state index in [1.54, 1.807) is 0 Å². The smallest absolute Gasteiger partial charge is 0.122 e. The zero-order valence-electron chi connectivity index (χ0n) is 16.8. The minimum absolute atomic E-state index is 0.142. The highest BCUT2D eigenvalue weighted by Crippen LogP contribution is 2.29.